The Morgan fingerprint density at radius 3 is 2.76 bits per heavy atom. The number of urea groups is 1. The molecule has 0 saturated carbocycles. The van der Waals surface area contributed by atoms with Gasteiger partial charge in [0.15, 0.2) is 11.5 Å². The highest BCUT2D eigenvalue weighted by atomic mass is 16.5. The summed E-state index contributed by atoms with van der Waals surface area (Å²) in [5, 5.41) is 15.9. The number of aliphatic hydroxyl groups excluding tert-OH is 1. The number of hydrogen-bond acceptors (Lipinski definition) is 4. The standard InChI is InChI=1S/C19H20N2O4/c22-15-10-12-4-1-2-5-14(12)18(15)21-19(23)20-13-6-7-16-17(11-13)25-9-3-8-24-16/h1-2,4-7,11,15,18,22H,3,8-10H2,(H2,20,21,23)/t15-,18+/m1/s1. The zero-order valence-corrected chi connectivity index (χ0v) is 13.7. The fourth-order valence-electron chi connectivity index (χ4n) is 3.30. The van der Waals surface area contributed by atoms with Crippen LogP contribution < -0.4 is 20.1 Å². The minimum absolute atomic E-state index is 0.366. The van der Waals surface area contributed by atoms with Crippen molar-refractivity contribution in [3.05, 3.63) is 53.6 Å². The highest BCUT2D eigenvalue weighted by Crippen LogP contribution is 2.33. The Hall–Kier alpha value is -2.73. The largest absolute Gasteiger partial charge is 0.490 e. The van der Waals surface area contributed by atoms with Crippen LogP contribution in [0.3, 0.4) is 0 Å². The van der Waals surface area contributed by atoms with Crippen LogP contribution in [0.4, 0.5) is 10.5 Å². The van der Waals surface area contributed by atoms with Gasteiger partial charge in [-0.1, -0.05) is 24.3 Å². The average Bonchev–Trinajstić information content (AvgIpc) is 2.78. The minimum atomic E-state index is -0.619. The number of anilines is 1. The number of nitrogens with one attached hydrogen (secondary N) is 2. The monoisotopic (exact) mass is 340 g/mol. The molecule has 0 aromatic heterocycles. The molecular weight excluding hydrogens is 320 g/mol. The van der Waals surface area contributed by atoms with Gasteiger partial charge in [-0.2, -0.15) is 0 Å². The lowest BCUT2D eigenvalue weighted by atomic mass is 10.1. The minimum Gasteiger partial charge on any atom is -0.490 e. The van der Waals surface area contributed by atoms with Gasteiger partial charge >= 0.3 is 6.03 Å². The van der Waals surface area contributed by atoms with Crippen LogP contribution in [0.15, 0.2) is 42.5 Å². The first-order valence-corrected chi connectivity index (χ1v) is 8.44. The van der Waals surface area contributed by atoms with E-state index >= 15 is 0 Å². The summed E-state index contributed by atoms with van der Waals surface area (Å²) in [5.74, 6) is 1.31. The maximum absolute atomic E-state index is 12.4. The molecule has 2 aromatic carbocycles. The van der Waals surface area contributed by atoms with E-state index < -0.39 is 12.1 Å². The molecule has 1 aliphatic carbocycles. The van der Waals surface area contributed by atoms with E-state index in [1.807, 2.05) is 24.3 Å². The highest BCUT2D eigenvalue weighted by molar-refractivity contribution is 5.90. The zero-order valence-electron chi connectivity index (χ0n) is 13.7. The lowest BCUT2D eigenvalue weighted by Crippen LogP contribution is -2.36. The summed E-state index contributed by atoms with van der Waals surface area (Å²) in [4.78, 5) is 12.4. The first kappa shape index (κ1) is 15.8. The van der Waals surface area contributed by atoms with E-state index in [0.717, 1.165) is 17.5 Å². The molecule has 0 saturated heterocycles. The van der Waals surface area contributed by atoms with Gasteiger partial charge in [-0.05, 0) is 23.3 Å². The molecule has 0 radical (unpaired) electrons. The first-order chi connectivity index (χ1) is 12.2. The van der Waals surface area contributed by atoms with Gasteiger partial charge in [0.2, 0.25) is 0 Å². The molecule has 6 nitrogen and oxygen atoms in total. The van der Waals surface area contributed by atoms with E-state index in [2.05, 4.69) is 10.6 Å². The molecule has 6 heteroatoms. The number of hydrogen-bond donors (Lipinski definition) is 3. The van der Waals surface area contributed by atoms with Crippen LogP contribution in [0.1, 0.15) is 23.6 Å². The maximum Gasteiger partial charge on any atom is 0.319 e. The third-order valence-corrected chi connectivity index (χ3v) is 4.50. The molecule has 0 bridgehead atoms. The van der Waals surface area contributed by atoms with Crippen LogP contribution in [0.2, 0.25) is 0 Å². The van der Waals surface area contributed by atoms with E-state index in [1.165, 1.54) is 0 Å². The smallest absolute Gasteiger partial charge is 0.319 e. The second kappa shape index (κ2) is 6.64. The van der Waals surface area contributed by atoms with Crippen molar-refractivity contribution < 1.29 is 19.4 Å². The maximum atomic E-state index is 12.4. The van der Waals surface area contributed by atoms with Crippen molar-refractivity contribution in [3.8, 4) is 11.5 Å². The van der Waals surface area contributed by atoms with Gasteiger partial charge in [-0.15, -0.1) is 0 Å². The predicted molar refractivity (Wildman–Crippen MR) is 93.1 cm³/mol. The highest BCUT2D eigenvalue weighted by Gasteiger charge is 2.31. The summed E-state index contributed by atoms with van der Waals surface area (Å²) in [5.41, 5.74) is 2.64. The van der Waals surface area contributed by atoms with Crippen LogP contribution in [-0.2, 0) is 6.42 Å². The summed E-state index contributed by atoms with van der Waals surface area (Å²) in [6, 6.07) is 12.3. The number of carbonyl (C=O) groups is 1. The molecule has 1 aliphatic heterocycles. The Kier molecular flexibility index (Phi) is 4.19. The van der Waals surface area contributed by atoms with Crippen LogP contribution in [0.25, 0.3) is 0 Å². The Morgan fingerprint density at radius 2 is 1.88 bits per heavy atom. The van der Waals surface area contributed by atoms with Gasteiger partial charge in [-0.25, -0.2) is 4.79 Å². The zero-order chi connectivity index (χ0) is 17.2. The van der Waals surface area contributed by atoms with Crippen molar-refractivity contribution in [2.45, 2.75) is 25.0 Å². The molecule has 0 spiro atoms. The SMILES string of the molecule is O=C(Nc1ccc2c(c1)OCCCO2)N[C@H]1c2ccccc2C[C@H]1O. The third kappa shape index (κ3) is 3.25. The van der Waals surface area contributed by atoms with Crippen molar-refractivity contribution in [3.63, 3.8) is 0 Å². The molecule has 2 amide bonds. The van der Waals surface area contributed by atoms with E-state index in [9.17, 15) is 9.90 Å². The predicted octanol–water partition coefficient (Wildman–Crippen LogP) is 2.63. The van der Waals surface area contributed by atoms with Crippen molar-refractivity contribution >= 4 is 11.7 Å². The summed E-state index contributed by atoms with van der Waals surface area (Å²) >= 11 is 0. The molecule has 2 aromatic rings. The second-order valence-corrected chi connectivity index (χ2v) is 6.26. The first-order valence-electron chi connectivity index (χ1n) is 8.44. The van der Waals surface area contributed by atoms with Crippen molar-refractivity contribution in [2.75, 3.05) is 18.5 Å². The number of carbonyl (C=O) groups excluding carboxylic acids is 1. The number of benzene rings is 2. The van der Waals surface area contributed by atoms with Gasteiger partial charge < -0.3 is 25.2 Å². The van der Waals surface area contributed by atoms with Crippen LogP contribution >= 0.6 is 0 Å². The van der Waals surface area contributed by atoms with Gasteiger partial charge in [0.25, 0.3) is 0 Å². The average molecular weight is 340 g/mol. The molecule has 3 N–H and O–H groups in total. The van der Waals surface area contributed by atoms with E-state index in [4.69, 9.17) is 9.47 Å². The van der Waals surface area contributed by atoms with Crippen LogP contribution in [0, 0.1) is 0 Å². The normalized spacial score (nSPS) is 21.2. The third-order valence-electron chi connectivity index (χ3n) is 4.50. The fraction of sp³-hybridized carbons (Fsp3) is 0.316. The van der Waals surface area contributed by atoms with E-state index in [-0.39, 0.29) is 6.03 Å². The molecular formula is C19H20N2O4. The van der Waals surface area contributed by atoms with E-state index in [0.29, 0.717) is 36.8 Å². The van der Waals surface area contributed by atoms with Crippen molar-refractivity contribution in [1.82, 2.24) is 5.32 Å². The van der Waals surface area contributed by atoms with Crippen molar-refractivity contribution in [2.24, 2.45) is 0 Å². The molecule has 130 valence electrons. The van der Waals surface area contributed by atoms with Gasteiger partial charge in [0.05, 0.1) is 25.4 Å². The fourth-order valence-corrected chi connectivity index (χ4v) is 3.30. The number of amides is 2. The molecule has 4 rings (SSSR count). The van der Waals surface area contributed by atoms with Crippen LogP contribution in [-0.4, -0.2) is 30.5 Å². The summed E-state index contributed by atoms with van der Waals surface area (Å²) in [6.07, 6.45) is 0.758. The second-order valence-electron chi connectivity index (χ2n) is 6.26. The quantitative estimate of drug-likeness (QED) is 0.785. The summed E-state index contributed by atoms with van der Waals surface area (Å²) in [7, 11) is 0. The van der Waals surface area contributed by atoms with Crippen LogP contribution in [0.5, 0.6) is 11.5 Å². The number of fused-ring (bicyclic) bond motifs is 2. The lowest BCUT2D eigenvalue weighted by molar-refractivity contribution is 0.144. The Balaban J connectivity index is 1.45. The molecule has 0 fully saturated rings. The van der Waals surface area contributed by atoms with E-state index in [1.54, 1.807) is 18.2 Å². The van der Waals surface area contributed by atoms with Gasteiger partial charge in [0, 0.05) is 24.6 Å². The summed E-state index contributed by atoms with van der Waals surface area (Å²) in [6.45, 7) is 1.22. The topological polar surface area (TPSA) is 79.8 Å². The number of ether oxygens (including phenoxy) is 2. The molecule has 2 atom stereocenters. The molecule has 1 heterocycles. The molecule has 2 aliphatic rings. The van der Waals surface area contributed by atoms with Crippen molar-refractivity contribution in [1.29, 1.82) is 0 Å². The Morgan fingerprint density at radius 1 is 1.08 bits per heavy atom. The summed E-state index contributed by atoms with van der Waals surface area (Å²) < 4.78 is 11.2. The Bertz CT molecular complexity index is 793. The lowest BCUT2D eigenvalue weighted by Gasteiger charge is -2.18. The molecule has 25 heavy (non-hydrogen) atoms. The molecule has 0 unspecified atom stereocenters. The Labute approximate surface area is 145 Å². The van der Waals surface area contributed by atoms with Gasteiger partial charge in [-0.3, -0.25) is 0 Å². The number of rotatable bonds is 2. The number of aliphatic hydroxyl groups is 1. The van der Waals surface area contributed by atoms with Gasteiger partial charge in [0.1, 0.15) is 0 Å².